The van der Waals surface area contributed by atoms with Crippen LogP contribution in [0.1, 0.15) is 0 Å². The summed E-state index contributed by atoms with van der Waals surface area (Å²) in [6.45, 7) is 0. The summed E-state index contributed by atoms with van der Waals surface area (Å²) in [7, 11) is 0. The second kappa shape index (κ2) is 2.15. The molecule has 0 aliphatic rings. The third-order valence-electron chi connectivity index (χ3n) is 1.09. The maximum absolute atomic E-state index is 8.93. The highest BCUT2D eigenvalue weighted by atomic mass is 16.5. The summed E-state index contributed by atoms with van der Waals surface area (Å²) in [6.07, 6.45) is 0. The van der Waals surface area contributed by atoms with E-state index in [4.69, 9.17) is 10.9 Å². The van der Waals surface area contributed by atoms with Gasteiger partial charge in [0.05, 0.1) is 0 Å². The van der Waals surface area contributed by atoms with Crippen molar-refractivity contribution in [3.8, 4) is 11.7 Å². The smallest absolute Gasteiger partial charge is 0.302 e. The average molecular weight is 169 g/mol. The number of anilines is 1. The lowest BCUT2D eigenvalue weighted by Crippen LogP contribution is -1.96. The van der Waals surface area contributed by atoms with Crippen molar-refractivity contribution in [1.29, 1.82) is 0 Å². The van der Waals surface area contributed by atoms with E-state index >= 15 is 0 Å². The molecule has 0 aliphatic carbocycles. The lowest BCUT2D eigenvalue weighted by molar-refractivity contribution is 0.145. The van der Waals surface area contributed by atoms with Crippen molar-refractivity contribution in [1.82, 2.24) is 30.5 Å². The van der Waals surface area contributed by atoms with Crippen LogP contribution in [-0.4, -0.2) is 35.7 Å². The molecular formula is C3H3N7O2. The third kappa shape index (κ3) is 0.836. The Bertz CT molecular complexity index is 391. The molecule has 0 fully saturated rings. The van der Waals surface area contributed by atoms with Crippen LogP contribution in [0.4, 0.5) is 5.95 Å². The summed E-state index contributed by atoms with van der Waals surface area (Å²) in [5.41, 5.74) is 5.16. The van der Waals surface area contributed by atoms with Gasteiger partial charge in [-0.2, -0.15) is 4.98 Å². The standard InChI is InChI=1S/C3H3N7O2/c4-3-5-2(12-7-3)1-6-8-9-10(1)11/h11H,(H2,4,7). The zero-order valence-electron chi connectivity index (χ0n) is 5.62. The molecule has 2 rings (SSSR count). The van der Waals surface area contributed by atoms with E-state index in [0.29, 0.717) is 4.85 Å². The van der Waals surface area contributed by atoms with Crippen LogP contribution in [0.2, 0.25) is 0 Å². The van der Waals surface area contributed by atoms with Gasteiger partial charge < -0.3 is 15.5 Å². The molecular weight excluding hydrogens is 166 g/mol. The van der Waals surface area contributed by atoms with E-state index in [0.717, 1.165) is 0 Å². The highest BCUT2D eigenvalue weighted by molar-refractivity contribution is 5.39. The molecule has 12 heavy (non-hydrogen) atoms. The van der Waals surface area contributed by atoms with Gasteiger partial charge in [-0.05, 0) is 15.6 Å². The maximum atomic E-state index is 8.93. The number of hydrogen-bond acceptors (Lipinski definition) is 8. The van der Waals surface area contributed by atoms with Crippen molar-refractivity contribution >= 4 is 5.95 Å². The number of aromatic nitrogens is 6. The van der Waals surface area contributed by atoms with Crippen molar-refractivity contribution < 1.29 is 9.73 Å². The molecule has 0 spiro atoms. The van der Waals surface area contributed by atoms with Gasteiger partial charge in [-0.25, -0.2) is 0 Å². The molecule has 2 aromatic heterocycles. The molecule has 2 heterocycles. The van der Waals surface area contributed by atoms with E-state index in [1.165, 1.54) is 0 Å². The summed E-state index contributed by atoms with van der Waals surface area (Å²) in [5, 5.41) is 21.9. The molecule has 2 aromatic rings. The zero-order chi connectivity index (χ0) is 8.55. The molecule has 0 saturated carbocycles. The summed E-state index contributed by atoms with van der Waals surface area (Å²) >= 11 is 0. The monoisotopic (exact) mass is 169 g/mol. The van der Waals surface area contributed by atoms with Gasteiger partial charge in [0.2, 0.25) is 0 Å². The first kappa shape index (κ1) is 6.52. The summed E-state index contributed by atoms with van der Waals surface area (Å²) in [5.74, 6) is -0.146. The molecule has 0 radical (unpaired) electrons. The van der Waals surface area contributed by atoms with Gasteiger partial charge in [0.25, 0.3) is 11.8 Å². The van der Waals surface area contributed by atoms with Gasteiger partial charge >= 0.3 is 5.89 Å². The lowest BCUT2D eigenvalue weighted by Gasteiger charge is -1.85. The van der Waals surface area contributed by atoms with Gasteiger partial charge in [-0.1, -0.05) is 9.94 Å². The topological polar surface area (TPSA) is 129 Å². The van der Waals surface area contributed by atoms with Crippen molar-refractivity contribution in [3.63, 3.8) is 0 Å². The maximum Gasteiger partial charge on any atom is 0.302 e. The second-order valence-electron chi connectivity index (χ2n) is 1.85. The van der Waals surface area contributed by atoms with E-state index < -0.39 is 0 Å². The molecule has 0 bridgehead atoms. The molecule has 3 N–H and O–H groups in total. The first-order valence-electron chi connectivity index (χ1n) is 2.84. The van der Waals surface area contributed by atoms with E-state index in [-0.39, 0.29) is 17.7 Å². The molecule has 0 saturated heterocycles. The number of nitrogen functional groups attached to an aromatic ring is 1. The SMILES string of the molecule is Nc1noc(-c2nnnn2O)n1. The van der Waals surface area contributed by atoms with Gasteiger partial charge in [0, 0.05) is 0 Å². The van der Waals surface area contributed by atoms with Gasteiger partial charge in [-0.15, -0.1) is 0 Å². The molecule has 0 aromatic carbocycles. The van der Waals surface area contributed by atoms with Crippen LogP contribution >= 0.6 is 0 Å². The van der Waals surface area contributed by atoms with Crippen LogP contribution in [-0.2, 0) is 0 Å². The molecule has 0 unspecified atom stereocenters. The minimum atomic E-state index is -0.0563. The normalized spacial score (nSPS) is 10.3. The Morgan fingerprint density at radius 3 is 2.83 bits per heavy atom. The van der Waals surface area contributed by atoms with Crippen molar-refractivity contribution in [2.24, 2.45) is 0 Å². The molecule has 9 nitrogen and oxygen atoms in total. The fraction of sp³-hybridized carbons (Fsp3) is 0. The first-order valence-corrected chi connectivity index (χ1v) is 2.84. The van der Waals surface area contributed by atoms with E-state index in [9.17, 15) is 0 Å². The summed E-state index contributed by atoms with van der Waals surface area (Å²) < 4.78 is 4.58. The van der Waals surface area contributed by atoms with Crippen LogP contribution in [0.5, 0.6) is 0 Å². The highest BCUT2D eigenvalue weighted by Crippen LogP contribution is 2.11. The average Bonchev–Trinajstić information content (AvgIpc) is 2.58. The second-order valence-corrected chi connectivity index (χ2v) is 1.85. The predicted octanol–water partition coefficient (Wildman–Crippen LogP) is -1.46. The van der Waals surface area contributed by atoms with E-state index in [1.807, 2.05) is 0 Å². The Hall–Kier alpha value is -2.19. The van der Waals surface area contributed by atoms with Crippen LogP contribution in [0.25, 0.3) is 11.7 Å². The Morgan fingerprint density at radius 1 is 1.50 bits per heavy atom. The number of nitrogens with zero attached hydrogens (tertiary/aromatic N) is 6. The van der Waals surface area contributed by atoms with Crippen LogP contribution in [0, 0.1) is 0 Å². The molecule has 0 amide bonds. The van der Waals surface area contributed by atoms with Gasteiger partial charge in [-0.3, -0.25) is 0 Å². The fourth-order valence-corrected chi connectivity index (χ4v) is 0.637. The zero-order valence-corrected chi connectivity index (χ0v) is 5.62. The third-order valence-corrected chi connectivity index (χ3v) is 1.09. The summed E-state index contributed by atoms with van der Waals surface area (Å²) in [6, 6.07) is 0. The minimum absolute atomic E-state index is 0.0417. The Labute approximate surface area is 64.7 Å². The number of nitrogens with two attached hydrogens (primary N) is 1. The van der Waals surface area contributed by atoms with Crippen molar-refractivity contribution in [2.45, 2.75) is 0 Å². The lowest BCUT2D eigenvalue weighted by atomic mass is 10.6. The fourth-order valence-electron chi connectivity index (χ4n) is 0.637. The van der Waals surface area contributed by atoms with Gasteiger partial charge in [0.1, 0.15) is 0 Å². The molecule has 0 atom stereocenters. The van der Waals surface area contributed by atoms with Crippen LogP contribution in [0.15, 0.2) is 4.52 Å². The Balaban J connectivity index is 2.50. The number of rotatable bonds is 1. The Morgan fingerprint density at radius 2 is 2.33 bits per heavy atom. The van der Waals surface area contributed by atoms with Gasteiger partial charge in [0.15, 0.2) is 0 Å². The van der Waals surface area contributed by atoms with E-state index in [2.05, 4.69) is 30.2 Å². The van der Waals surface area contributed by atoms with E-state index in [1.54, 1.807) is 0 Å². The quantitative estimate of drug-likeness (QED) is 0.495. The molecule has 9 heteroatoms. The predicted molar refractivity (Wildman–Crippen MR) is 32.7 cm³/mol. The van der Waals surface area contributed by atoms with Crippen LogP contribution < -0.4 is 5.73 Å². The number of hydrogen-bond donors (Lipinski definition) is 2. The first-order chi connectivity index (χ1) is 5.77. The largest absolute Gasteiger partial charge is 0.409 e. The minimum Gasteiger partial charge on any atom is -0.409 e. The Kier molecular flexibility index (Phi) is 1.17. The molecule has 62 valence electrons. The van der Waals surface area contributed by atoms with Crippen molar-refractivity contribution in [2.75, 3.05) is 5.73 Å². The summed E-state index contributed by atoms with van der Waals surface area (Å²) in [4.78, 5) is 4.00. The number of tetrazole rings is 1. The highest BCUT2D eigenvalue weighted by Gasteiger charge is 2.14. The van der Waals surface area contributed by atoms with Crippen LogP contribution in [0.3, 0.4) is 0 Å². The van der Waals surface area contributed by atoms with Crippen molar-refractivity contribution in [3.05, 3.63) is 0 Å². The molecule has 0 aliphatic heterocycles.